The molecule has 0 aliphatic rings. The highest BCUT2D eigenvalue weighted by molar-refractivity contribution is 6.12. The number of nitrogens with one attached hydrogen (secondary N) is 1. The molecule has 0 saturated carbocycles. The maximum atomic E-state index is 10.5. The maximum Gasteiger partial charge on any atom is 0.116 e. The number of phenols is 1. The number of H-pyrrole nitrogens is 1. The number of hydrogen-bond acceptors (Lipinski definition) is 1. The van der Waals surface area contributed by atoms with Gasteiger partial charge < -0.3 is 14.7 Å². The molecule has 33 heavy (non-hydrogen) atoms. The predicted octanol–water partition coefficient (Wildman–Crippen LogP) is 7.79. The SMILES string of the molecule is Oc1cc(-c2ccc(-n3c4ccccc4c4ccccc43)cc2)c2[nH]c3ccccc3c2c1. The fourth-order valence-corrected chi connectivity index (χ4v) is 5.15. The summed E-state index contributed by atoms with van der Waals surface area (Å²) in [5, 5.41) is 15.1. The van der Waals surface area contributed by atoms with Gasteiger partial charge in [0.2, 0.25) is 0 Å². The van der Waals surface area contributed by atoms with Crippen molar-refractivity contribution < 1.29 is 5.11 Å². The zero-order valence-corrected chi connectivity index (χ0v) is 17.8. The van der Waals surface area contributed by atoms with Crippen molar-refractivity contribution in [3.8, 4) is 22.6 Å². The summed E-state index contributed by atoms with van der Waals surface area (Å²) in [7, 11) is 0. The van der Waals surface area contributed by atoms with Crippen LogP contribution >= 0.6 is 0 Å². The molecule has 3 heteroatoms. The second-order valence-electron chi connectivity index (χ2n) is 8.50. The summed E-state index contributed by atoms with van der Waals surface area (Å²) < 4.78 is 2.31. The second-order valence-corrected chi connectivity index (χ2v) is 8.50. The monoisotopic (exact) mass is 424 g/mol. The Hall–Kier alpha value is -4.50. The fraction of sp³-hybridized carbons (Fsp3) is 0. The largest absolute Gasteiger partial charge is 0.508 e. The zero-order valence-electron chi connectivity index (χ0n) is 17.8. The summed E-state index contributed by atoms with van der Waals surface area (Å²) in [6, 6.07) is 37.6. The summed E-state index contributed by atoms with van der Waals surface area (Å²) in [5.74, 6) is 0.272. The summed E-state index contributed by atoms with van der Waals surface area (Å²) in [6.07, 6.45) is 0. The van der Waals surface area contributed by atoms with E-state index in [-0.39, 0.29) is 5.75 Å². The summed E-state index contributed by atoms with van der Waals surface area (Å²) in [5.41, 5.74) is 7.68. The highest BCUT2D eigenvalue weighted by atomic mass is 16.3. The molecular formula is C30H20N2O. The Balaban J connectivity index is 1.43. The molecule has 0 aliphatic heterocycles. The van der Waals surface area contributed by atoms with Crippen LogP contribution in [0.25, 0.3) is 60.4 Å². The van der Waals surface area contributed by atoms with Gasteiger partial charge in [-0.25, -0.2) is 0 Å². The average molecular weight is 425 g/mol. The van der Waals surface area contributed by atoms with Crippen LogP contribution in [0.15, 0.2) is 109 Å². The molecule has 2 N–H and O–H groups in total. The Morgan fingerprint density at radius 2 is 1.18 bits per heavy atom. The van der Waals surface area contributed by atoms with Crippen LogP contribution in [0.3, 0.4) is 0 Å². The Morgan fingerprint density at radius 3 is 1.88 bits per heavy atom. The van der Waals surface area contributed by atoms with E-state index in [9.17, 15) is 5.11 Å². The maximum absolute atomic E-state index is 10.5. The number of para-hydroxylation sites is 3. The number of nitrogens with zero attached hydrogens (tertiary/aromatic N) is 1. The van der Waals surface area contributed by atoms with Gasteiger partial charge in [-0.2, -0.15) is 0 Å². The van der Waals surface area contributed by atoms with Crippen molar-refractivity contribution in [2.75, 3.05) is 0 Å². The number of aromatic amines is 1. The topological polar surface area (TPSA) is 41.0 Å². The molecule has 0 aliphatic carbocycles. The van der Waals surface area contributed by atoms with Gasteiger partial charge in [0.25, 0.3) is 0 Å². The quantitative estimate of drug-likeness (QED) is 0.292. The molecule has 0 bridgehead atoms. The van der Waals surface area contributed by atoms with E-state index in [0.717, 1.165) is 38.6 Å². The zero-order chi connectivity index (χ0) is 21.9. The van der Waals surface area contributed by atoms with Crippen LogP contribution in [0.2, 0.25) is 0 Å². The van der Waals surface area contributed by atoms with Gasteiger partial charge in [0.05, 0.1) is 16.6 Å². The summed E-state index contributed by atoms with van der Waals surface area (Å²) in [6.45, 7) is 0. The number of hydrogen-bond donors (Lipinski definition) is 2. The molecule has 0 fully saturated rings. The number of rotatable bonds is 2. The van der Waals surface area contributed by atoms with Gasteiger partial charge in [-0.05, 0) is 48.0 Å². The fourth-order valence-electron chi connectivity index (χ4n) is 5.15. The van der Waals surface area contributed by atoms with Gasteiger partial charge in [0.15, 0.2) is 0 Å². The third kappa shape index (κ3) is 2.63. The van der Waals surface area contributed by atoms with Gasteiger partial charge in [-0.3, -0.25) is 0 Å². The first kappa shape index (κ1) is 18.1. The van der Waals surface area contributed by atoms with Crippen LogP contribution in [0.1, 0.15) is 0 Å². The first-order valence-corrected chi connectivity index (χ1v) is 11.1. The number of benzene rings is 5. The number of aromatic nitrogens is 2. The molecule has 0 atom stereocenters. The minimum atomic E-state index is 0.272. The molecule has 2 heterocycles. The van der Waals surface area contributed by atoms with Crippen LogP contribution in [0.5, 0.6) is 5.75 Å². The van der Waals surface area contributed by atoms with Crippen LogP contribution in [0.4, 0.5) is 0 Å². The van der Waals surface area contributed by atoms with E-state index in [1.807, 2.05) is 24.3 Å². The highest BCUT2D eigenvalue weighted by Crippen LogP contribution is 2.37. The average Bonchev–Trinajstić information content (AvgIpc) is 3.40. The van der Waals surface area contributed by atoms with Crippen molar-refractivity contribution in [2.45, 2.75) is 0 Å². The molecular weight excluding hydrogens is 404 g/mol. The first-order chi connectivity index (χ1) is 16.3. The molecule has 7 aromatic rings. The van der Waals surface area contributed by atoms with E-state index < -0.39 is 0 Å². The molecule has 0 radical (unpaired) electrons. The van der Waals surface area contributed by atoms with Crippen LogP contribution < -0.4 is 0 Å². The summed E-state index contributed by atoms with van der Waals surface area (Å²) >= 11 is 0. The number of fused-ring (bicyclic) bond motifs is 6. The number of aromatic hydroxyl groups is 1. The van der Waals surface area contributed by atoms with Gasteiger partial charge in [0.1, 0.15) is 5.75 Å². The van der Waals surface area contributed by atoms with Gasteiger partial charge in [-0.1, -0.05) is 66.7 Å². The Bertz CT molecular complexity index is 1770. The van der Waals surface area contributed by atoms with Gasteiger partial charge in [-0.15, -0.1) is 0 Å². The Kier molecular flexibility index (Phi) is 3.70. The molecule has 5 aromatic carbocycles. The van der Waals surface area contributed by atoms with Crippen molar-refractivity contribution in [2.24, 2.45) is 0 Å². The van der Waals surface area contributed by atoms with E-state index in [1.54, 1.807) is 0 Å². The predicted molar refractivity (Wildman–Crippen MR) is 137 cm³/mol. The minimum absolute atomic E-state index is 0.272. The van der Waals surface area contributed by atoms with E-state index in [0.29, 0.717) is 0 Å². The summed E-state index contributed by atoms with van der Waals surface area (Å²) in [4.78, 5) is 3.55. The van der Waals surface area contributed by atoms with E-state index in [2.05, 4.69) is 94.5 Å². The molecule has 0 saturated heterocycles. The van der Waals surface area contributed by atoms with Crippen molar-refractivity contribution in [1.29, 1.82) is 0 Å². The van der Waals surface area contributed by atoms with Crippen molar-refractivity contribution >= 4 is 43.6 Å². The molecule has 156 valence electrons. The lowest BCUT2D eigenvalue weighted by molar-refractivity contribution is 0.476. The molecule has 0 spiro atoms. The lowest BCUT2D eigenvalue weighted by Crippen LogP contribution is -1.93. The lowest BCUT2D eigenvalue weighted by atomic mass is 10.0. The second kappa shape index (κ2) is 6.75. The van der Waals surface area contributed by atoms with Crippen molar-refractivity contribution in [3.05, 3.63) is 109 Å². The first-order valence-electron chi connectivity index (χ1n) is 11.1. The van der Waals surface area contributed by atoms with E-state index >= 15 is 0 Å². The third-order valence-corrected chi connectivity index (χ3v) is 6.62. The lowest BCUT2D eigenvalue weighted by Gasteiger charge is -2.10. The number of phenolic OH excluding ortho intramolecular Hbond substituents is 1. The standard InChI is InChI=1S/C30H20N2O/c33-21-17-25(30-26(18-21)22-7-1-4-10-27(22)31-30)19-13-15-20(16-14-19)32-28-11-5-2-8-23(28)24-9-3-6-12-29(24)32/h1-18,31,33H. The van der Waals surface area contributed by atoms with Crippen LogP contribution in [0, 0.1) is 0 Å². The molecule has 0 unspecified atom stereocenters. The normalized spacial score (nSPS) is 11.8. The van der Waals surface area contributed by atoms with Gasteiger partial charge >= 0.3 is 0 Å². The minimum Gasteiger partial charge on any atom is -0.508 e. The van der Waals surface area contributed by atoms with Gasteiger partial charge in [0, 0.05) is 38.3 Å². The van der Waals surface area contributed by atoms with Crippen molar-refractivity contribution in [3.63, 3.8) is 0 Å². The molecule has 0 amide bonds. The Morgan fingerprint density at radius 1 is 0.576 bits per heavy atom. The smallest absolute Gasteiger partial charge is 0.116 e. The van der Waals surface area contributed by atoms with Crippen LogP contribution in [-0.4, -0.2) is 14.7 Å². The molecule has 3 nitrogen and oxygen atoms in total. The molecule has 7 rings (SSSR count). The highest BCUT2D eigenvalue weighted by Gasteiger charge is 2.14. The van der Waals surface area contributed by atoms with E-state index in [1.165, 1.54) is 21.8 Å². The van der Waals surface area contributed by atoms with E-state index in [4.69, 9.17) is 0 Å². The molecule has 2 aromatic heterocycles. The van der Waals surface area contributed by atoms with Crippen LogP contribution in [-0.2, 0) is 0 Å². The third-order valence-electron chi connectivity index (χ3n) is 6.62. The Labute approximate surface area is 190 Å². The van der Waals surface area contributed by atoms with Crippen molar-refractivity contribution in [1.82, 2.24) is 9.55 Å².